The number of nitrogens with one attached hydrogen (secondary N) is 1. The summed E-state index contributed by atoms with van der Waals surface area (Å²) in [5.41, 5.74) is 1.04. The van der Waals surface area contributed by atoms with Gasteiger partial charge >= 0.3 is 0 Å². The molecule has 20 heavy (non-hydrogen) atoms. The summed E-state index contributed by atoms with van der Waals surface area (Å²) in [4.78, 5) is 14.0. The van der Waals surface area contributed by atoms with Crippen LogP contribution >= 0.6 is 0 Å². The molecule has 0 aromatic heterocycles. The smallest absolute Gasteiger partial charge is 0.220 e. The predicted octanol–water partition coefficient (Wildman–Crippen LogP) is 2.78. The van der Waals surface area contributed by atoms with Gasteiger partial charge < -0.3 is 10.2 Å². The van der Waals surface area contributed by atoms with Gasteiger partial charge in [-0.25, -0.2) is 4.39 Å². The van der Waals surface area contributed by atoms with Crippen LogP contribution in [0.1, 0.15) is 37.7 Å². The van der Waals surface area contributed by atoms with Gasteiger partial charge in [-0.05, 0) is 44.1 Å². The maximum Gasteiger partial charge on any atom is 0.220 e. The largest absolute Gasteiger partial charge is 0.355 e. The van der Waals surface area contributed by atoms with Crippen molar-refractivity contribution < 1.29 is 9.18 Å². The molecular formula is C16H25FN2O. The molecule has 0 aliphatic rings. The summed E-state index contributed by atoms with van der Waals surface area (Å²) in [6.07, 6.45) is 2.41. The summed E-state index contributed by atoms with van der Waals surface area (Å²) in [6, 6.07) is 6.48. The first kappa shape index (κ1) is 16.6. The van der Waals surface area contributed by atoms with Crippen molar-refractivity contribution in [1.82, 2.24) is 10.2 Å². The van der Waals surface area contributed by atoms with Gasteiger partial charge in [0.1, 0.15) is 5.82 Å². The first-order chi connectivity index (χ1) is 9.52. The molecule has 1 rings (SSSR count). The predicted molar refractivity (Wildman–Crippen MR) is 80.2 cm³/mol. The molecule has 3 nitrogen and oxygen atoms in total. The van der Waals surface area contributed by atoms with Gasteiger partial charge in [-0.3, -0.25) is 4.79 Å². The van der Waals surface area contributed by atoms with Crippen molar-refractivity contribution >= 4 is 5.91 Å². The molecule has 1 atom stereocenters. The van der Waals surface area contributed by atoms with Crippen molar-refractivity contribution in [2.45, 2.75) is 32.1 Å². The van der Waals surface area contributed by atoms with E-state index in [0.29, 0.717) is 13.0 Å². The fourth-order valence-electron chi connectivity index (χ4n) is 2.18. The Morgan fingerprint density at radius 2 is 1.95 bits per heavy atom. The maximum absolute atomic E-state index is 13.0. The van der Waals surface area contributed by atoms with E-state index >= 15 is 0 Å². The third-order valence-corrected chi connectivity index (χ3v) is 3.29. The van der Waals surface area contributed by atoms with E-state index in [1.165, 1.54) is 12.1 Å². The van der Waals surface area contributed by atoms with Gasteiger partial charge in [-0.15, -0.1) is 0 Å². The second-order valence-electron chi connectivity index (χ2n) is 5.39. The zero-order valence-corrected chi connectivity index (χ0v) is 12.7. The number of benzene rings is 1. The first-order valence-corrected chi connectivity index (χ1v) is 7.19. The van der Waals surface area contributed by atoms with Crippen molar-refractivity contribution in [2.75, 3.05) is 27.2 Å². The molecule has 112 valence electrons. The molecule has 1 N–H and O–H groups in total. The number of likely N-dealkylation sites (N-methyl/N-ethyl adjacent to an activating group) is 1. The van der Waals surface area contributed by atoms with Crippen LogP contribution < -0.4 is 5.32 Å². The number of hydrogen-bond acceptors (Lipinski definition) is 2. The molecule has 1 unspecified atom stereocenters. The van der Waals surface area contributed by atoms with Crippen LogP contribution in [0.15, 0.2) is 24.3 Å². The summed E-state index contributed by atoms with van der Waals surface area (Å²) in [7, 11) is 3.95. The Labute approximate surface area is 121 Å². The number of carbonyl (C=O) groups excluding carboxylic acids is 1. The fraction of sp³-hybridized carbons (Fsp3) is 0.562. The van der Waals surface area contributed by atoms with Gasteiger partial charge in [-0.1, -0.05) is 25.5 Å². The lowest BCUT2D eigenvalue weighted by molar-refractivity contribution is -0.121. The molecule has 0 radical (unpaired) electrons. The van der Waals surface area contributed by atoms with E-state index in [9.17, 15) is 9.18 Å². The Hall–Kier alpha value is -1.42. The summed E-state index contributed by atoms with van der Waals surface area (Å²) < 4.78 is 13.0. The van der Waals surface area contributed by atoms with E-state index in [2.05, 4.69) is 12.2 Å². The number of carbonyl (C=O) groups is 1. The molecule has 0 saturated carbocycles. The number of nitrogens with zero attached hydrogens (tertiary/aromatic N) is 1. The Balaban J connectivity index is 2.54. The summed E-state index contributed by atoms with van der Waals surface area (Å²) in [5.74, 6) is -0.00554. The monoisotopic (exact) mass is 280 g/mol. The molecular weight excluding hydrogens is 255 g/mol. The van der Waals surface area contributed by atoms with Crippen LogP contribution in [0.2, 0.25) is 0 Å². The van der Waals surface area contributed by atoms with Crippen LogP contribution in [-0.2, 0) is 4.79 Å². The van der Waals surface area contributed by atoms with Gasteiger partial charge in [0.05, 0.1) is 0 Å². The highest BCUT2D eigenvalue weighted by molar-refractivity contribution is 5.76. The zero-order chi connectivity index (χ0) is 15.0. The van der Waals surface area contributed by atoms with E-state index in [4.69, 9.17) is 0 Å². The minimum absolute atomic E-state index is 0.0645. The van der Waals surface area contributed by atoms with Crippen LogP contribution in [0.4, 0.5) is 4.39 Å². The zero-order valence-electron chi connectivity index (χ0n) is 12.7. The standard InChI is InChI=1S/C16H25FN2O/c1-4-5-14(13-6-8-15(17)9-7-13)12-16(20)18-10-11-19(2)3/h6-9,14H,4-5,10-12H2,1-3H3,(H,18,20). The average molecular weight is 280 g/mol. The highest BCUT2D eigenvalue weighted by atomic mass is 19.1. The summed E-state index contributed by atoms with van der Waals surface area (Å²) in [6.45, 7) is 3.59. The van der Waals surface area contributed by atoms with Crippen LogP contribution in [0.3, 0.4) is 0 Å². The molecule has 4 heteroatoms. The Bertz CT molecular complexity index is 403. The van der Waals surface area contributed by atoms with Crippen LogP contribution in [0.5, 0.6) is 0 Å². The highest BCUT2D eigenvalue weighted by Gasteiger charge is 2.15. The second-order valence-corrected chi connectivity index (χ2v) is 5.39. The Kier molecular flexibility index (Phi) is 7.23. The van der Waals surface area contributed by atoms with E-state index in [1.54, 1.807) is 12.1 Å². The van der Waals surface area contributed by atoms with E-state index in [1.807, 2.05) is 19.0 Å². The lowest BCUT2D eigenvalue weighted by Gasteiger charge is -2.17. The highest BCUT2D eigenvalue weighted by Crippen LogP contribution is 2.25. The summed E-state index contributed by atoms with van der Waals surface area (Å²) in [5, 5.41) is 2.93. The minimum atomic E-state index is -0.237. The Morgan fingerprint density at radius 1 is 1.30 bits per heavy atom. The molecule has 0 aliphatic heterocycles. The van der Waals surface area contributed by atoms with Crippen LogP contribution in [0, 0.1) is 5.82 Å². The topological polar surface area (TPSA) is 32.3 Å². The first-order valence-electron chi connectivity index (χ1n) is 7.19. The van der Waals surface area contributed by atoms with E-state index in [-0.39, 0.29) is 17.6 Å². The number of rotatable bonds is 8. The van der Waals surface area contributed by atoms with E-state index < -0.39 is 0 Å². The van der Waals surface area contributed by atoms with Crippen molar-refractivity contribution in [2.24, 2.45) is 0 Å². The molecule has 0 aliphatic carbocycles. The molecule has 0 bridgehead atoms. The maximum atomic E-state index is 13.0. The van der Waals surface area contributed by atoms with Gasteiger partial charge in [0, 0.05) is 19.5 Å². The number of amides is 1. The SMILES string of the molecule is CCCC(CC(=O)NCCN(C)C)c1ccc(F)cc1. The number of halogens is 1. The van der Waals surface area contributed by atoms with Crippen LogP contribution in [-0.4, -0.2) is 38.0 Å². The van der Waals surface area contributed by atoms with E-state index in [0.717, 1.165) is 24.9 Å². The normalized spacial score (nSPS) is 12.4. The third kappa shape index (κ3) is 6.15. The molecule has 1 amide bonds. The fourth-order valence-corrected chi connectivity index (χ4v) is 2.18. The van der Waals surface area contributed by atoms with Gasteiger partial charge in [0.2, 0.25) is 5.91 Å². The van der Waals surface area contributed by atoms with Crippen LogP contribution in [0.25, 0.3) is 0 Å². The Morgan fingerprint density at radius 3 is 2.50 bits per heavy atom. The van der Waals surface area contributed by atoms with Crippen molar-refractivity contribution in [3.63, 3.8) is 0 Å². The van der Waals surface area contributed by atoms with Gasteiger partial charge in [0.25, 0.3) is 0 Å². The molecule has 1 aromatic carbocycles. The van der Waals surface area contributed by atoms with Crippen molar-refractivity contribution in [3.05, 3.63) is 35.6 Å². The molecule has 0 spiro atoms. The van der Waals surface area contributed by atoms with Gasteiger partial charge in [-0.2, -0.15) is 0 Å². The van der Waals surface area contributed by atoms with Crippen molar-refractivity contribution in [1.29, 1.82) is 0 Å². The quantitative estimate of drug-likeness (QED) is 0.794. The molecule has 0 heterocycles. The molecule has 0 saturated heterocycles. The second kappa shape index (κ2) is 8.69. The number of hydrogen-bond donors (Lipinski definition) is 1. The average Bonchev–Trinajstić information content (AvgIpc) is 2.38. The lowest BCUT2D eigenvalue weighted by atomic mass is 9.91. The van der Waals surface area contributed by atoms with Crippen molar-refractivity contribution in [3.8, 4) is 0 Å². The third-order valence-electron chi connectivity index (χ3n) is 3.29. The molecule has 0 fully saturated rings. The minimum Gasteiger partial charge on any atom is -0.355 e. The lowest BCUT2D eigenvalue weighted by Crippen LogP contribution is -2.32. The van der Waals surface area contributed by atoms with Gasteiger partial charge in [0.15, 0.2) is 0 Å². The molecule has 1 aromatic rings. The summed E-state index contributed by atoms with van der Waals surface area (Å²) >= 11 is 0.